The Morgan fingerprint density at radius 2 is 2.06 bits per heavy atom. The molecule has 3 heteroatoms. The van der Waals surface area contributed by atoms with Crippen LogP contribution in [-0.4, -0.2) is 18.6 Å². The van der Waals surface area contributed by atoms with E-state index in [0.717, 1.165) is 11.3 Å². The molecule has 0 aliphatic rings. The summed E-state index contributed by atoms with van der Waals surface area (Å²) in [6, 6.07) is 5.96. The van der Waals surface area contributed by atoms with E-state index in [1.54, 1.807) is 14.0 Å². The molecule has 3 nitrogen and oxygen atoms in total. The van der Waals surface area contributed by atoms with Crippen LogP contribution in [0, 0.1) is 13.8 Å². The minimum absolute atomic E-state index is 0.102. The second kappa shape index (κ2) is 5.32. The van der Waals surface area contributed by atoms with Crippen molar-refractivity contribution in [3.8, 4) is 0 Å². The van der Waals surface area contributed by atoms with E-state index in [1.807, 2.05) is 39.0 Å². The van der Waals surface area contributed by atoms with E-state index in [9.17, 15) is 4.79 Å². The lowest BCUT2D eigenvalue weighted by molar-refractivity contribution is -0.136. The maximum Gasteiger partial charge on any atom is 0.256 e. The van der Waals surface area contributed by atoms with Gasteiger partial charge in [-0.25, -0.2) is 0 Å². The molecule has 0 saturated heterocycles. The van der Waals surface area contributed by atoms with Gasteiger partial charge in [-0.2, -0.15) is 0 Å². The molecule has 1 aromatic rings. The van der Waals surface area contributed by atoms with Gasteiger partial charge in [0, 0.05) is 12.8 Å². The third-order valence-corrected chi connectivity index (χ3v) is 3.24. The Morgan fingerprint density at radius 1 is 1.41 bits per heavy atom. The van der Waals surface area contributed by atoms with Crippen LogP contribution < -0.4 is 5.32 Å². The molecule has 0 radical (unpaired) electrons. The molecule has 1 unspecified atom stereocenters. The number of anilines is 1. The fraction of sp³-hybridized carbons (Fsp3) is 0.500. The predicted octanol–water partition coefficient (Wildman–Crippen LogP) is 3.06. The third-order valence-electron chi connectivity index (χ3n) is 3.24. The first kappa shape index (κ1) is 13.7. The average molecular weight is 235 g/mol. The first-order valence-electron chi connectivity index (χ1n) is 5.87. The van der Waals surface area contributed by atoms with E-state index in [0.29, 0.717) is 6.42 Å². The Bertz CT molecular complexity index is 409. The number of benzene rings is 1. The largest absolute Gasteiger partial charge is 0.369 e. The summed E-state index contributed by atoms with van der Waals surface area (Å²) in [6.07, 6.45) is 0.639. The molecule has 94 valence electrons. The minimum atomic E-state index is -0.767. The van der Waals surface area contributed by atoms with E-state index in [2.05, 4.69) is 5.32 Å². The number of amides is 1. The molecule has 1 atom stereocenters. The van der Waals surface area contributed by atoms with E-state index < -0.39 is 5.60 Å². The van der Waals surface area contributed by atoms with Crippen molar-refractivity contribution in [2.24, 2.45) is 0 Å². The van der Waals surface area contributed by atoms with Gasteiger partial charge in [0.25, 0.3) is 5.91 Å². The van der Waals surface area contributed by atoms with Crippen molar-refractivity contribution in [3.63, 3.8) is 0 Å². The average Bonchev–Trinajstić information content (AvgIpc) is 2.31. The molecule has 1 aromatic carbocycles. The predicted molar refractivity (Wildman–Crippen MR) is 70.3 cm³/mol. The van der Waals surface area contributed by atoms with Gasteiger partial charge < -0.3 is 10.1 Å². The van der Waals surface area contributed by atoms with E-state index in [4.69, 9.17) is 4.74 Å². The van der Waals surface area contributed by atoms with Crippen molar-refractivity contribution >= 4 is 11.6 Å². The number of methoxy groups -OCH3 is 1. The van der Waals surface area contributed by atoms with Gasteiger partial charge in [0.2, 0.25) is 0 Å². The highest BCUT2D eigenvalue weighted by molar-refractivity contribution is 5.97. The van der Waals surface area contributed by atoms with Crippen molar-refractivity contribution in [3.05, 3.63) is 29.3 Å². The van der Waals surface area contributed by atoms with E-state index >= 15 is 0 Å². The number of nitrogens with one attached hydrogen (secondary N) is 1. The van der Waals surface area contributed by atoms with Crippen LogP contribution in [0.3, 0.4) is 0 Å². The van der Waals surface area contributed by atoms with Crippen molar-refractivity contribution < 1.29 is 9.53 Å². The number of hydrogen-bond acceptors (Lipinski definition) is 2. The van der Waals surface area contributed by atoms with E-state index in [-0.39, 0.29) is 5.91 Å². The second-order valence-electron chi connectivity index (χ2n) is 4.56. The van der Waals surface area contributed by atoms with Crippen LogP contribution in [0.25, 0.3) is 0 Å². The zero-order chi connectivity index (χ0) is 13.1. The normalized spacial score (nSPS) is 14.2. The third kappa shape index (κ3) is 3.07. The molecule has 1 N–H and O–H groups in total. The molecular weight excluding hydrogens is 214 g/mol. The molecule has 0 aliphatic heterocycles. The summed E-state index contributed by atoms with van der Waals surface area (Å²) in [6.45, 7) is 7.75. The van der Waals surface area contributed by atoms with Crippen LogP contribution in [0.5, 0.6) is 0 Å². The SMILES string of the molecule is CCC(C)(OC)C(=O)Nc1ccc(C)cc1C. The summed E-state index contributed by atoms with van der Waals surface area (Å²) in [5, 5.41) is 2.92. The van der Waals surface area contributed by atoms with Crippen LogP contribution in [0.15, 0.2) is 18.2 Å². The zero-order valence-corrected chi connectivity index (χ0v) is 11.3. The van der Waals surface area contributed by atoms with Crippen LogP contribution in [0.4, 0.5) is 5.69 Å². The van der Waals surface area contributed by atoms with Crippen molar-refractivity contribution in [1.29, 1.82) is 0 Å². The van der Waals surface area contributed by atoms with Crippen LogP contribution in [0.1, 0.15) is 31.4 Å². The summed E-state index contributed by atoms with van der Waals surface area (Å²) in [5.41, 5.74) is 2.33. The van der Waals surface area contributed by atoms with Gasteiger partial charge >= 0.3 is 0 Å². The lowest BCUT2D eigenvalue weighted by Crippen LogP contribution is -2.41. The first-order chi connectivity index (χ1) is 7.92. The monoisotopic (exact) mass is 235 g/mol. The summed E-state index contributed by atoms with van der Waals surface area (Å²) in [5.74, 6) is -0.102. The summed E-state index contributed by atoms with van der Waals surface area (Å²) in [7, 11) is 1.56. The lowest BCUT2D eigenvalue weighted by Gasteiger charge is -2.25. The van der Waals surface area contributed by atoms with Crippen molar-refractivity contribution in [2.75, 3.05) is 12.4 Å². The molecule has 0 saturated carbocycles. The fourth-order valence-corrected chi connectivity index (χ4v) is 1.61. The fourth-order valence-electron chi connectivity index (χ4n) is 1.61. The Balaban J connectivity index is 2.88. The molecule has 0 aliphatic carbocycles. The summed E-state index contributed by atoms with van der Waals surface area (Å²) in [4.78, 5) is 12.1. The minimum Gasteiger partial charge on any atom is -0.369 e. The molecule has 17 heavy (non-hydrogen) atoms. The molecule has 0 aromatic heterocycles. The number of rotatable bonds is 4. The second-order valence-corrected chi connectivity index (χ2v) is 4.56. The topological polar surface area (TPSA) is 38.3 Å². The molecule has 1 amide bonds. The maximum absolute atomic E-state index is 12.1. The van der Waals surface area contributed by atoms with Gasteiger partial charge in [0.1, 0.15) is 5.60 Å². The van der Waals surface area contributed by atoms with Gasteiger partial charge in [-0.1, -0.05) is 24.6 Å². The number of aryl methyl sites for hydroxylation is 2. The highest BCUT2D eigenvalue weighted by atomic mass is 16.5. The van der Waals surface area contributed by atoms with Crippen LogP contribution >= 0.6 is 0 Å². The molecular formula is C14H21NO2. The molecule has 0 heterocycles. The van der Waals surface area contributed by atoms with Gasteiger partial charge in [0.05, 0.1) is 0 Å². The smallest absolute Gasteiger partial charge is 0.256 e. The number of carbonyl (C=O) groups is 1. The van der Waals surface area contributed by atoms with Gasteiger partial charge in [-0.05, 0) is 38.8 Å². The Hall–Kier alpha value is -1.35. The molecule has 0 fully saturated rings. The number of hydrogen-bond donors (Lipinski definition) is 1. The van der Waals surface area contributed by atoms with Crippen molar-refractivity contribution in [1.82, 2.24) is 0 Å². The Kier molecular flexibility index (Phi) is 4.29. The maximum atomic E-state index is 12.1. The molecule has 0 bridgehead atoms. The van der Waals surface area contributed by atoms with Gasteiger partial charge in [-0.3, -0.25) is 4.79 Å². The van der Waals surface area contributed by atoms with Crippen molar-refractivity contribution in [2.45, 2.75) is 39.7 Å². The lowest BCUT2D eigenvalue weighted by atomic mass is 10.0. The van der Waals surface area contributed by atoms with Gasteiger partial charge in [-0.15, -0.1) is 0 Å². The highest BCUT2D eigenvalue weighted by Crippen LogP contribution is 2.20. The van der Waals surface area contributed by atoms with Gasteiger partial charge in [0.15, 0.2) is 0 Å². The molecule has 0 spiro atoms. The standard InChI is InChI=1S/C14H21NO2/c1-6-14(4,17-5)13(16)15-12-8-7-10(2)9-11(12)3/h7-9H,6H2,1-5H3,(H,15,16). The van der Waals surface area contributed by atoms with Crippen LogP contribution in [0.2, 0.25) is 0 Å². The first-order valence-corrected chi connectivity index (χ1v) is 5.87. The number of ether oxygens (including phenoxy) is 1. The quantitative estimate of drug-likeness (QED) is 0.871. The summed E-state index contributed by atoms with van der Waals surface area (Å²) < 4.78 is 5.27. The van der Waals surface area contributed by atoms with Crippen LogP contribution in [-0.2, 0) is 9.53 Å². The zero-order valence-electron chi connectivity index (χ0n) is 11.3. The summed E-state index contributed by atoms with van der Waals surface area (Å²) >= 11 is 0. The molecule has 1 rings (SSSR count). The number of carbonyl (C=O) groups excluding carboxylic acids is 1. The Labute approximate surface area is 103 Å². The highest BCUT2D eigenvalue weighted by Gasteiger charge is 2.31. The Morgan fingerprint density at radius 3 is 2.53 bits per heavy atom. The van der Waals surface area contributed by atoms with E-state index in [1.165, 1.54) is 5.56 Å².